The number of rotatable bonds is 5. The van der Waals surface area contributed by atoms with Gasteiger partial charge in [0.15, 0.2) is 0 Å². The summed E-state index contributed by atoms with van der Waals surface area (Å²) in [6.07, 6.45) is 0. The van der Waals surface area contributed by atoms with Gasteiger partial charge < -0.3 is 9.47 Å². The second-order valence-electron chi connectivity index (χ2n) is 6.33. The van der Waals surface area contributed by atoms with Crippen molar-refractivity contribution < 1.29 is 14.3 Å². The van der Waals surface area contributed by atoms with E-state index < -0.39 is 0 Å². The average Bonchev–Trinajstić information content (AvgIpc) is 2.67. The fourth-order valence-corrected chi connectivity index (χ4v) is 2.83. The minimum absolute atomic E-state index is 0.333. The fraction of sp³-hybridized carbons (Fsp3) is 0.174. The summed E-state index contributed by atoms with van der Waals surface area (Å²) in [5.74, 6) is 0.526. The third-order valence-electron chi connectivity index (χ3n) is 4.30. The maximum Gasteiger partial charge on any atom is 0.337 e. The molecule has 0 heterocycles. The van der Waals surface area contributed by atoms with Gasteiger partial charge in [0.2, 0.25) is 0 Å². The molecule has 0 unspecified atom stereocenters. The van der Waals surface area contributed by atoms with Gasteiger partial charge in [-0.1, -0.05) is 48.0 Å². The number of aryl methyl sites for hydroxylation is 2. The number of methoxy groups -OCH3 is 1. The quantitative estimate of drug-likeness (QED) is 0.585. The van der Waals surface area contributed by atoms with Gasteiger partial charge in [-0.3, -0.25) is 0 Å². The van der Waals surface area contributed by atoms with Gasteiger partial charge >= 0.3 is 5.97 Å². The van der Waals surface area contributed by atoms with Crippen LogP contribution in [0.1, 0.15) is 27.0 Å². The number of carbonyl (C=O) groups excluding carboxylic acids is 1. The lowest BCUT2D eigenvalue weighted by Crippen LogP contribution is -2.02. The highest BCUT2D eigenvalue weighted by Gasteiger charge is 2.06. The van der Waals surface area contributed by atoms with Crippen LogP contribution < -0.4 is 4.74 Å². The highest BCUT2D eigenvalue weighted by Crippen LogP contribution is 2.27. The maximum atomic E-state index is 11.5. The molecule has 0 atom stereocenters. The zero-order chi connectivity index (χ0) is 18.5. The molecule has 0 saturated carbocycles. The Hall–Kier alpha value is -3.07. The van der Waals surface area contributed by atoms with Crippen LogP contribution in [-0.2, 0) is 11.3 Å². The Labute approximate surface area is 154 Å². The van der Waals surface area contributed by atoms with E-state index in [4.69, 9.17) is 9.47 Å². The lowest BCUT2D eigenvalue weighted by Gasteiger charge is -2.12. The Kier molecular flexibility index (Phi) is 5.37. The van der Waals surface area contributed by atoms with E-state index in [2.05, 4.69) is 50.2 Å². The van der Waals surface area contributed by atoms with E-state index in [-0.39, 0.29) is 5.97 Å². The van der Waals surface area contributed by atoms with Crippen LogP contribution in [0.3, 0.4) is 0 Å². The van der Waals surface area contributed by atoms with Crippen molar-refractivity contribution in [3.05, 3.63) is 89.0 Å². The largest absolute Gasteiger partial charge is 0.489 e. The normalized spacial score (nSPS) is 10.4. The maximum absolute atomic E-state index is 11.5. The summed E-state index contributed by atoms with van der Waals surface area (Å²) in [6.45, 7) is 4.60. The number of benzene rings is 3. The first-order valence-electron chi connectivity index (χ1n) is 8.54. The van der Waals surface area contributed by atoms with Gasteiger partial charge in [0, 0.05) is 0 Å². The summed E-state index contributed by atoms with van der Waals surface area (Å²) >= 11 is 0. The van der Waals surface area contributed by atoms with E-state index in [1.807, 2.05) is 18.2 Å². The average molecular weight is 346 g/mol. The summed E-state index contributed by atoms with van der Waals surface area (Å²) < 4.78 is 10.7. The minimum atomic E-state index is -0.333. The predicted molar refractivity (Wildman–Crippen MR) is 103 cm³/mol. The first-order chi connectivity index (χ1) is 12.6. The van der Waals surface area contributed by atoms with E-state index in [0.717, 1.165) is 16.9 Å². The Morgan fingerprint density at radius 3 is 2.27 bits per heavy atom. The molecule has 0 bridgehead atoms. The molecule has 26 heavy (non-hydrogen) atoms. The van der Waals surface area contributed by atoms with E-state index in [1.165, 1.54) is 23.8 Å². The van der Waals surface area contributed by atoms with Crippen molar-refractivity contribution in [1.82, 2.24) is 0 Å². The first kappa shape index (κ1) is 17.7. The molecule has 0 saturated heterocycles. The molecule has 3 heteroatoms. The van der Waals surface area contributed by atoms with Crippen LogP contribution >= 0.6 is 0 Å². The molecule has 3 aromatic carbocycles. The number of ether oxygens (including phenoxy) is 2. The Morgan fingerprint density at radius 2 is 1.62 bits per heavy atom. The minimum Gasteiger partial charge on any atom is -0.489 e. The number of carbonyl (C=O) groups is 1. The highest BCUT2D eigenvalue weighted by molar-refractivity contribution is 5.89. The van der Waals surface area contributed by atoms with Crippen molar-refractivity contribution >= 4 is 5.97 Å². The molecule has 132 valence electrons. The van der Waals surface area contributed by atoms with E-state index in [0.29, 0.717) is 12.2 Å². The van der Waals surface area contributed by atoms with Crippen molar-refractivity contribution in [3.63, 3.8) is 0 Å². The fourth-order valence-electron chi connectivity index (χ4n) is 2.83. The van der Waals surface area contributed by atoms with Crippen molar-refractivity contribution in [3.8, 4) is 16.9 Å². The SMILES string of the molecule is COC(=O)c1ccc(COc2ccc(-c3cccc(C)c3)cc2C)cc1. The van der Waals surface area contributed by atoms with Crippen molar-refractivity contribution in [2.75, 3.05) is 7.11 Å². The topological polar surface area (TPSA) is 35.5 Å². The van der Waals surface area contributed by atoms with Crippen molar-refractivity contribution in [1.29, 1.82) is 0 Å². The predicted octanol–water partition coefficient (Wildman–Crippen LogP) is 5.34. The Morgan fingerprint density at radius 1 is 0.885 bits per heavy atom. The monoisotopic (exact) mass is 346 g/mol. The lowest BCUT2D eigenvalue weighted by atomic mass is 10.0. The van der Waals surface area contributed by atoms with Gasteiger partial charge in [0.1, 0.15) is 12.4 Å². The van der Waals surface area contributed by atoms with Crippen LogP contribution in [0, 0.1) is 13.8 Å². The van der Waals surface area contributed by atoms with Crippen LogP contribution in [-0.4, -0.2) is 13.1 Å². The molecular weight excluding hydrogens is 324 g/mol. The standard InChI is InChI=1S/C23H22O3/c1-16-5-4-6-20(13-16)21-11-12-22(17(2)14-21)26-15-18-7-9-19(10-8-18)23(24)25-3/h4-14H,15H2,1-3H3. The van der Waals surface area contributed by atoms with Gasteiger partial charge in [-0.25, -0.2) is 4.79 Å². The van der Waals surface area contributed by atoms with Gasteiger partial charge in [0.25, 0.3) is 0 Å². The second-order valence-corrected chi connectivity index (χ2v) is 6.33. The molecule has 0 amide bonds. The molecule has 3 rings (SSSR count). The van der Waals surface area contributed by atoms with Gasteiger partial charge in [0.05, 0.1) is 12.7 Å². The third-order valence-corrected chi connectivity index (χ3v) is 4.30. The Balaban J connectivity index is 1.70. The number of esters is 1. The van der Waals surface area contributed by atoms with Gasteiger partial charge in [-0.05, 0) is 60.4 Å². The van der Waals surface area contributed by atoms with Crippen LogP contribution in [0.15, 0.2) is 66.7 Å². The third kappa shape index (κ3) is 4.12. The summed E-state index contributed by atoms with van der Waals surface area (Å²) in [7, 11) is 1.38. The van der Waals surface area contributed by atoms with E-state index in [1.54, 1.807) is 12.1 Å². The van der Waals surface area contributed by atoms with Crippen LogP contribution in [0.25, 0.3) is 11.1 Å². The summed E-state index contributed by atoms with van der Waals surface area (Å²) in [6, 6.07) is 21.9. The highest BCUT2D eigenvalue weighted by atomic mass is 16.5. The number of hydrogen-bond donors (Lipinski definition) is 0. The van der Waals surface area contributed by atoms with Crippen LogP contribution in [0.4, 0.5) is 0 Å². The molecule has 0 aromatic heterocycles. The zero-order valence-corrected chi connectivity index (χ0v) is 15.3. The smallest absolute Gasteiger partial charge is 0.337 e. The van der Waals surface area contributed by atoms with E-state index >= 15 is 0 Å². The lowest BCUT2D eigenvalue weighted by molar-refractivity contribution is 0.0600. The van der Waals surface area contributed by atoms with Gasteiger partial charge in [-0.2, -0.15) is 0 Å². The van der Waals surface area contributed by atoms with Crippen LogP contribution in [0.2, 0.25) is 0 Å². The second kappa shape index (κ2) is 7.87. The van der Waals surface area contributed by atoms with Gasteiger partial charge in [-0.15, -0.1) is 0 Å². The van der Waals surface area contributed by atoms with Crippen molar-refractivity contribution in [2.45, 2.75) is 20.5 Å². The van der Waals surface area contributed by atoms with Crippen molar-refractivity contribution in [2.24, 2.45) is 0 Å². The molecule has 3 nitrogen and oxygen atoms in total. The summed E-state index contributed by atoms with van der Waals surface area (Å²) in [5, 5.41) is 0. The molecule has 0 N–H and O–H groups in total. The van der Waals surface area contributed by atoms with Crippen LogP contribution in [0.5, 0.6) is 5.75 Å². The molecule has 0 fully saturated rings. The molecule has 0 aliphatic heterocycles. The molecule has 0 spiro atoms. The summed E-state index contributed by atoms with van der Waals surface area (Å²) in [4.78, 5) is 11.5. The molecule has 0 aliphatic carbocycles. The zero-order valence-electron chi connectivity index (χ0n) is 15.3. The first-order valence-corrected chi connectivity index (χ1v) is 8.54. The molecule has 3 aromatic rings. The molecule has 0 radical (unpaired) electrons. The molecule has 0 aliphatic rings. The number of hydrogen-bond acceptors (Lipinski definition) is 3. The summed E-state index contributed by atoms with van der Waals surface area (Å²) in [5.41, 5.74) is 6.26. The Bertz CT molecular complexity index is 911. The molecular formula is C23H22O3. The van der Waals surface area contributed by atoms with E-state index in [9.17, 15) is 4.79 Å².